The van der Waals surface area contributed by atoms with Gasteiger partial charge in [-0.05, 0) is 0 Å². The molecule has 2 fully saturated rings. The van der Waals surface area contributed by atoms with Crippen molar-refractivity contribution >= 4 is 5.90 Å². The molecule has 4 atom stereocenters. The van der Waals surface area contributed by atoms with Crippen LogP contribution in [0.1, 0.15) is 13.8 Å². The Morgan fingerprint density at radius 1 is 1.32 bits per heavy atom. The summed E-state index contributed by atoms with van der Waals surface area (Å²) in [7, 11) is 0. The fourth-order valence-corrected chi connectivity index (χ4v) is 2.96. The minimum absolute atomic E-state index is 0.391. The van der Waals surface area contributed by atoms with Crippen molar-refractivity contribution in [2.75, 3.05) is 0 Å². The summed E-state index contributed by atoms with van der Waals surface area (Å²) >= 11 is 0. The Kier molecular flexibility index (Phi) is 2.46. The van der Waals surface area contributed by atoms with Crippen molar-refractivity contribution in [1.29, 1.82) is 21.2 Å². The van der Waals surface area contributed by atoms with E-state index in [1.165, 1.54) is 6.08 Å². The van der Waals surface area contributed by atoms with Crippen molar-refractivity contribution in [3.05, 3.63) is 12.7 Å². The van der Waals surface area contributed by atoms with Crippen LogP contribution in [-0.4, -0.2) is 17.8 Å². The zero-order valence-corrected chi connectivity index (χ0v) is 10.6. The number of hydrogen-bond donors (Lipinski definition) is 1. The number of rotatable bonds is 1. The van der Waals surface area contributed by atoms with Crippen molar-refractivity contribution in [1.82, 2.24) is 0 Å². The van der Waals surface area contributed by atoms with E-state index in [9.17, 15) is 15.8 Å². The molecule has 2 bridgehead atoms. The third kappa shape index (κ3) is 1.09. The first-order chi connectivity index (χ1) is 8.88. The first-order valence-corrected chi connectivity index (χ1v) is 5.70. The van der Waals surface area contributed by atoms with Crippen LogP contribution in [0.5, 0.6) is 0 Å². The molecule has 4 unspecified atom stereocenters. The predicted molar refractivity (Wildman–Crippen MR) is 63.2 cm³/mol. The van der Waals surface area contributed by atoms with Crippen molar-refractivity contribution in [2.24, 2.45) is 16.7 Å². The maximum Gasteiger partial charge on any atom is 0.214 e. The summed E-state index contributed by atoms with van der Waals surface area (Å²) in [4.78, 5) is 0. The maximum absolute atomic E-state index is 9.57. The monoisotopic (exact) mass is 256 g/mol. The molecule has 0 aliphatic carbocycles. The van der Waals surface area contributed by atoms with E-state index in [1.54, 1.807) is 13.8 Å². The molecule has 1 N–H and O–H groups in total. The molecule has 2 heterocycles. The largest absolute Gasteiger partial charge is 0.448 e. The molecule has 0 aromatic heterocycles. The lowest BCUT2D eigenvalue weighted by Gasteiger charge is -2.46. The molecule has 0 radical (unpaired) electrons. The quantitative estimate of drug-likeness (QED) is 0.713. The summed E-state index contributed by atoms with van der Waals surface area (Å²) < 4.78 is 11.0. The first kappa shape index (κ1) is 13.1. The number of nitrogens with one attached hydrogen (secondary N) is 1. The fraction of sp³-hybridized carbons (Fsp3) is 0.538. The van der Waals surface area contributed by atoms with Gasteiger partial charge in [0.2, 0.25) is 17.1 Å². The summed E-state index contributed by atoms with van der Waals surface area (Å²) in [5.41, 5.74) is -3.49. The smallest absolute Gasteiger partial charge is 0.214 e. The molecule has 2 saturated heterocycles. The van der Waals surface area contributed by atoms with Gasteiger partial charge in [0.1, 0.15) is 6.10 Å². The van der Waals surface area contributed by atoms with Gasteiger partial charge in [0.05, 0.1) is 24.1 Å². The van der Waals surface area contributed by atoms with Crippen molar-refractivity contribution < 1.29 is 9.47 Å². The van der Waals surface area contributed by atoms with Gasteiger partial charge < -0.3 is 9.47 Å². The third-order valence-corrected chi connectivity index (χ3v) is 4.25. The maximum atomic E-state index is 9.57. The number of nitrogens with zero attached hydrogens (tertiary/aromatic N) is 3. The molecule has 6 nitrogen and oxygen atoms in total. The number of fused-ring (bicyclic) bond motifs is 2. The SMILES string of the molecule is C=CC1OC2(C)OC(=N)C(C#N)(C2C)C1(C#N)C#N. The molecule has 0 spiro atoms. The lowest BCUT2D eigenvalue weighted by atomic mass is 9.55. The molecular formula is C13H12N4O2. The van der Waals surface area contributed by atoms with E-state index in [1.807, 2.05) is 18.2 Å². The highest BCUT2D eigenvalue weighted by molar-refractivity contribution is 5.89. The van der Waals surface area contributed by atoms with E-state index in [2.05, 4.69) is 6.58 Å². The lowest BCUT2D eigenvalue weighted by Crippen LogP contribution is -2.60. The van der Waals surface area contributed by atoms with E-state index >= 15 is 0 Å². The molecule has 0 aromatic carbocycles. The third-order valence-electron chi connectivity index (χ3n) is 4.25. The van der Waals surface area contributed by atoms with Gasteiger partial charge in [-0.15, -0.1) is 6.58 Å². The van der Waals surface area contributed by atoms with Crippen molar-refractivity contribution in [3.8, 4) is 18.2 Å². The fourth-order valence-electron chi connectivity index (χ4n) is 2.96. The second-order valence-corrected chi connectivity index (χ2v) is 4.89. The van der Waals surface area contributed by atoms with E-state index < -0.39 is 34.5 Å². The van der Waals surface area contributed by atoms with Crippen molar-refractivity contribution in [3.63, 3.8) is 0 Å². The van der Waals surface area contributed by atoms with E-state index in [4.69, 9.17) is 14.9 Å². The standard InChI is InChI=1S/C13H12N4O2/c1-4-9-12(5-14,6-15)13(7-16)8(2)11(3,18-9)19-10(13)17/h4,8-9,17H,1H2,2-3H3. The molecule has 2 aliphatic heterocycles. The van der Waals surface area contributed by atoms with Crippen LogP contribution < -0.4 is 0 Å². The van der Waals surface area contributed by atoms with Gasteiger partial charge in [0.25, 0.3) is 0 Å². The summed E-state index contributed by atoms with van der Waals surface area (Å²) in [5.74, 6) is -2.21. The van der Waals surface area contributed by atoms with E-state index in [-0.39, 0.29) is 0 Å². The van der Waals surface area contributed by atoms with Crippen LogP contribution in [0, 0.1) is 56.2 Å². The first-order valence-electron chi connectivity index (χ1n) is 5.70. The lowest BCUT2D eigenvalue weighted by molar-refractivity contribution is -0.253. The van der Waals surface area contributed by atoms with E-state index in [0.29, 0.717) is 0 Å². The molecular weight excluding hydrogens is 244 g/mol. The average molecular weight is 256 g/mol. The summed E-state index contributed by atoms with van der Waals surface area (Å²) in [6, 6.07) is 5.70. The molecule has 6 heteroatoms. The highest BCUT2D eigenvalue weighted by atomic mass is 16.7. The van der Waals surface area contributed by atoms with E-state index in [0.717, 1.165) is 0 Å². The Hall–Kier alpha value is -2.36. The Morgan fingerprint density at radius 2 is 1.89 bits per heavy atom. The molecule has 0 aromatic rings. The average Bonchev–Trinajstić information content (AvgIpc) is 2.55. The van der Waals surface area contributed by atoms with Crippen LogP contribution >= 0.6 is 0 Å². The van der Waals surface area contributed by atoms with Gasteiger partial charge in [-0.3, -0.25) is 5.41 Å². The van der Waals surface area contributed by atoms with Crippen LogP contribution in [0.25, 0.3) is 0 Å². The van der Waals surface area contributed by atoms with Gasteiger partial charge in [-0.25, -0.2) is 0 Å². The zero-order valence-electron chi connectivity index (χ0n) is 10.6. The van der Waals surface area contributed by atoms with Crippen molar-refractivity contribution in [2.45, 2.75) is 25.7 Å². The molecule has 0 saturated carbocycles. The number of nitriles is 3. The van der Waals surface area contributed by atoms with Crippen LogP contribution in [-0.2, 0) is 9.47 Å². The highest BCUT2D eigenvalue weighted by Crippen LogP contribution is 2.62. The van der Waals surface area contributed by atoms with Gasteiger partial charge >= 0.3 is 0 Å². The van der Waals surface area contributed by atoms with Gasteiger partial charge in [0, 0.05) is 6.92 Å². The Morgan fingerprint density at radius 3 is 2.32 bits per heavy atom. The molecule has 2 rings (SSSR count). The summed E-state index contributed by atoms with van der Waals surface area (Å²) in [5, 5.41) is 36.5. The normalized spacial score (nSPS) is 42.4. The van der Waals surface area contributed by atoms with Gasteiger partial charge in [-0.1, -0.05) is 13.0 Å². The minimum atomic E-state index is -1.84. The molecule has 19 heavy (non-hydrogen) atoms. The molecule has 0 amide bonds. The predicted octanol–water partition coefficient (Wildman–Crippen LogP) is 1.47. The molecule has 96 valence electrons. The molecule has 2 aliphatic rings. The zero-order chi connectivity index (χ0) is 14.5. The summed E-state index contributed by atoms with van der Waals surface area (Å²) in [6.07, 6.45) is 0.316. The Balaban J connectivity index is 2.84. The second-order valence-electron chi connectivity index (χ2n) is 4.89. The van der Waals surface area contributed by atoms with Crippen LogP contribution in [0.4, 0.5) is 0 Å². The Labute approximate surface area is 111 Å². The summed E-state index contributed by atoms with van der Waals surface area (Å²) in [6.45, 7) is 6.80. The van der Waals surface area contributed by atoms with Crippen LogP contribution in [0.2, 0.25) is 0 Å². The highest BCUT2D eigenvalue weighted by Gasteiger charge is 2.77. The Bertz CT molecular complexity index is 579. The minimum Gasteiger partial charge on any atom is -0.448 e. The van der Waals surface area contributed by atoms with Gasteiger partial charge in [0.15, 0.2) is 5.41 Å². The van der Waals surface area contributed by atoms with Crippen LogP contribution in [0.15, 0.2) is 12.7 Å². The number of hydrogen-bond acceptors (Lipinski definition) is 6. The number of ether oxygens (including phenoxy) is 2. The topological polar surface area (TPSA) is 114 Å². The second kappa shape index (κ2) is 3.57. The van der Waals surface area contributed by atoms with Crippen LogP contribution in [0.3, 0.4) is 0 Å². The van der Waals surface area contributed by atoms with Gasteiger partial charge in [-0.2, -0.15) is 15.8 Å².